The van der Waals surface area contributed by atoms with Crippen molar-refractivity contribution >= 4 is 5.91 Å². The second kappa shape index (κ2) is 7.17. The van der Waals surface area contributed by atoms with Gasteiger partial charge in [0.1, 0.15) is 0 Å². The Morgan fingerprint density at radius 1 is 1.33 bits per heavy atom. The summed E-state index contributed by atoms with van der Waals surface area (Å²) in [5.41, 5.74) is 0.490. The van der Waals surface area contributed by atoms with Gasteiger partial charge in [-0.05, 0) is 26.0 Å². The van der Waals surface area contributed by atoms with Crippen molar-refractivity contribution in [2.75, 3.05) is 19.8 Å². The van der Waals surface area contributed by atoms with E-state index in [1.54, 1.807) is 18.2 Å². The molecule has 5 nitrogen and oxygen atoms in total. The van der Waals surface area contributed by atoms with E-state index in [2.05, 4.69) is 5.32 Å². The highest BCUT2D eigenvalue weighted by molar-refractivity contribution is 5.77. The first-order valence-corrected chi connectivity index (χ1v) is 5.77. The van der Waals surface area contributed by atoms with Gasteiger partial charge in [0.05, 0.1) is 18.2 Å². The Morgan fingerprint density at radius 2 is 2.11 bits per heavy atom. The van der Waals surface area contributed by atoms with Crippen molar-refractivity contribution in [2.45, 2.75) is 13.8 Å². The fraction of sp³-hybridized carbons (Fsp3) is 0.385. The van der Waals surface area contributed by atoms with Crippen LogP contribution in [0.5, 0.6) is 11.5 Å². The van der Waals surface area contributed by atoms with Crippen LogP contribution in [0.25, 0.3) is 0 Å². The Kier molecular flexibility index (Phi) is 5.52. The summed E-state index contributed by atoms with van der Waals surface area (Å²) >= 11 is 0. The number of hydrogen-bond donors (Lipinski definition) is 1. The number of nitrogens with zero attached hydrogens (tertiary/aromatic N) is 1. The molecule has 0 atom stereocenters. The van der Waals surface area contributed by atoms with Gasteiger partial charge in [-0.15, -0.1) is 0 Å². The summed E-state index contributed by atoms with van der Waals surface area (Å²) in [6, 6.07) is 6.87. The smallest absolute Gasteiger partial charge is 0.257 e. The zero-order chi connectivity index (χ0) is 13.4. The lowest BCUT2D eigenvalue weighted by atomic mass is 10.2. The molecule has 1 N–H and O–H groups in total. The number of nitrogens with one attached hydrogen (secondary N) is 1. The summed E-state index contributed by atoms with van der Waals surface area (Å²) < 4.78 is 10.7. The monoisotopic (exact) mass is 248 g/mol. The summed E-state index contributed by atoms with van der Waals surface area (Å²) in [7, 11) is 0. The molecular weight excluding hydrogens is 232 g/mol. The van der Waals surface area contributed by atoms with Crippen LogP contribution in [0.4, 0.5) is 0 Å². The molecule has 0 saturated heterocycles. The number of carbonyl (C=O) groups excluding carboxylic acids is 1. The van der Waals surface area contributed by atoms with Crippen LogP contribution < -0.4 is 14.8 Å². The fourth-order valence-electron chi connectivity index (χ4n) is 1.36. The Bertz CT molecular complexity index is 452. The van der Waals surface area contributed by atoms with Crippen LogP contribution in [0.3, 0.4) is 0 Å². The van der Waals surface area contributed by atoms with Crippen molar-refractivity contribution in [3.63, 3.8) is 0 Å². The van der Waals surface area contributed by atoms with Crippen LogP contribution >= 0.6 is 0 Å². The number of nitriles is 1. The molecule has 0 bridgehead atoms. The lowest BCUT2D eigenvalue weighted by Crippen LogP contribution is -2.28. The average Bonchev–Trinajstić information content (AvgIpc) is 2.38. The van der Waals surface area contributed by atoms with E-state index in [-0.39, 0.29) is 12.5 Å². The molecule has 0 spiro atoms. The Balaban J connectivity index is 2.75. The summed E-state index contributed by atoms with van der Waals surface area (Å²) in [6.07, 6.45) is 0. The van der Waals surface area contributed by atoms with Gasteiger partial charge < -0.3 is 14.8 Å². The number of amides is 1. The molecule has 0 heterocycles. The van der Waals surface area contributed by atoms with Crippen molar-refractivity contribution in [3.8, 4) is 17.6 Å². The van der Waals surface area contributed by atoms with Gasteiger partial charge in [-0.2, -0.15) is 5.26 Å². The number of rotatable bonds is 6. The molecule has 18 heavy (non-hydrogen) atoms. The Morgan fingerprint density at radius 3 is 2.72 bits per heavy atom. The summed E-state index contributed by atoms with van der Waals surface area (Å²) in [4.78, 5) is 11.3. The first-order valence-electron chi connectivity index (χ1n) is 5.77. The van der Waals surface area contributed by atoms with Crippen molar-refractivity contribution in [3.05, 3.63) is 23.8 Å². The lowest BCUT2D eigenvalue weighted by Gasteiger charge is -2.11. The van der Waals surface area contributed by atoms with E-state index in [0.29, 0.717) is 30.2 Å². The van der Waals surface area contributed by atoms with Crippen LogP contribution in [0.2, 0.25) is 0 Å². The molecule has 0 aliphatic rings. The second-order valence-electron chi connectivity index (χ2n) is 3.45. The quantitative estimate of drug-likeness (QED) is 0.827. The average molecular weight is 248 g/mol. The topological polar surface area (TPSA) is 71.3 Å². The minimum absolute atomic E-state index is 0.0696. The molecule has 0 unspecified atom stereocenters. The molecule has 96 valence electrons. The first kappa shape index (κ1) is 13.8. The van der Waals surface area contributed by atoms with Gasteiger partial charge in [0.15, 0.2) is 18.1 Å². The minimum atomic E-state index is -0.190. The van der Waals surface area contributed by atoms with Crippen LogP contribution in [0.15, 0.2) is 18.2 Å². The van der Waals surface area contributed by atoms with E-state index in [4.69, 9.17) is 14.7 Å². The number of carbonyl (C=O) groups is 1. The normalized spacial score (nSPS) is 9.39. The molecule has 0 aromatic heterocycles. The Labute approximate surface area is 106 Å². The maximum atomic E-state index is 11.3. The molecule has 0 radical (unpaired) electrons. The van der Waals surface area contributed by atoms with E-state index in [1.165, 1.54) is 0 Å². The molecule has 0 saturated carbocycles. The van der Waals surface area contributed by atoms with Crippen molar-refractivity contribution < 1.29 is 14.3 Å². The van der Waals surface area contributed by atoms with E-state index in [1.807, 2.05) is 19.9 Å². The minimum Gasteiger partial charge on any atom is -0.490 e. The van der Waals surface area contributed by atoms with Crippen LogP contribution in [0, 0.1) is 11.3 Å². The highest BCUT2D eigenvalue weighted by Gasteiger charge is 2.08. The van der Waals surface area contributed by atoms with Gasteiger partial charge in [0.2, 0.25) is 0 Å². The van der Waals surface area contributed by atoms with Gasteiger partial charge in [-0.3, -0.25) is 4.79 Å². The third-order valence-corrected chi connectivity index (χ3v) is 2.11. The predicted octanol–water partition coefficient (Wildman–Crippen LogP) is 1.47. The maximum absolute atomic E-state index is 11.3. The molecule has 0 aliphatic heterocycles. The summed E-state index contributed by atoms with van der Waals surface area (Å²) in [6.45, 7) is 4.64. The molecular formula is C13H16N2O3. The molecule has 0 aliphatic carbocycles. The lowest BCUT2D eigenvalue weighted by molar-refractivity contribution is -0.123. The van der Waals surface area contributed by atoms with E-state index >= 15 is 0 Å². The van der Waals surface area contributed by atoms with Gasteiger partial charge in [0.25, 0.3) is 5.91 Å². The zero-order valence-corrected chi connectivity index (χ0v) is 10.5. The van der Waals surface area contributed by atoms with Crippen molar-refractivity contribution in [2.24, 2.45) is 0 Å². The number of hydrogen-bond acceptors (Lipinski definition) is 4. The number of likely N-dealkylation sites (N-methyl/N-ethyl adjacent to an activating group) is 1. The first-order chi connectivity index (χ1) is 8.71. The third-order valence-electron chi connectivity index (χ3n) is 2.11. The van der Waals surface area contributed by atoms with Gasteiger partial charge >= 0.3 is 0 Å². The molecule has 5 heteroatoms. The third kappa shape index (κ3) is 3.98. The zero-order valence-electron chi connectivity index (χ0n) is 10.5. The van der Waals surface area contributed by atoms with Crippen molar-refractivity contribution in [1.82, 2.24) is 5.32 Å². The number of benzene rings is 1. The van der Waals surface area contributed by atoms with Crippen LogP contribution in [0.1, 0.15) is 19.4 Å². The van der Waals surface area contributed by atoms with Crippen LogP contribution in [-0.2, 0) is 4.79 Å². The number of ether oxygens (including phenoxy) is 2. The highest BCUT2D eigenvalue weighted by atomic mass is 16.5. The molecule has 0 fully saturated rings. The Hall–Kier alpha value is -2.22. The second-order valence-corrected chi connectivity index (χ2v) is 3.45. The van der Waals surface area contributed by atoms with Gasteiger partial charge in [-0.25, -0.2) is 0 Å². The SMILES string of the molecule is CCNC(=O)COc1ccc(C#N)cc1OCC. The van der Waals surface area contributed by atoms with Gasteiger partial charge in [-0.1, -0.05) is 0 Å². The molecule has 1 aromatic rings. The van der Waals surface area contributed by atoms with E-state index in [0.717, 1.165) is 0 Å². The summed E-state index contributed by atoms with van der Waals surface area (Å²) in [5.74, 6) is 0.743. The standard InChI is InChI=1S/C13H16N2O3/c1-3-15-13(16)9-18-11-6-5-10(8-14)7-12(11)17-4-2/h5-7H,3-4,9H2,1-2H3,(H,15,16). The molecule has 1 rings (SSSR count). The largest absolute Gasteiger partial charge is 0.490 e. The molecule has 1 aromatic carbocycles. The fourth-order valence-corrected chi connectivity index (χ4v) is 1.36. The van der Waals surface area contributed by atoms with E-state index in [9.17, 15) is 4.79 Å². The van der Waals surface area contributed by atoms with Crippen molar-refractivity contribution in [1.29, 1.82) is 5.26 Å². The van der Waals surface area contributed by atoms with Gasteiger partial charge in [0, 0.05) is 12.6 Å². The predicted molar refractivity (Wildman–Crippen MR) is 66.5 cm³/mol. The highest BCUT2D eigenvalue weighted by Crippen LogP contribution is 2.28. The summed E-state index contributed by atoms with van der Waals surface area (Å²) in [5, 5.41) is 11.4. The van der Waals surface area contributed by atoms with E-state index < -0.39 is 0 Å². The van der Waals surface area contributed by atoms with Crippen LogP contribution in [-0.4, -0.2) is 25.7 Å². The molecule has 1 amide bonds. The maximum Gasteiger partial charge on any atom is 0.257 e.